The van der Waals surface area contributed by atoms with Gasteiger partial charge in [0.2, 0.25) is 5.78 Å². The Balaban J connectivity index is 1.89. The smallest absolute Gasteiger partial charge is 0.326 e. The van der Waals surface area contributed by atoms with Crippen LogP contribution in [0.4, 0.5) is 0 Å². The SMILES string of the molecule is CC1=CCC[C@H]2[C@](C)(CC3=CC(=O)C=C(N[C@@H](C(=O)O)C(C)C)C3=O)[C@@H](C)CC[C@]12C. The number of rotatable bonds is 6. The van der Waals surface area contributed by atoms with Gasteiger partial charge in [0.1, 0.15) is 6.04 Å². The van der Waals surface area contributed by atoms with Crippen LogP contribution < -0.4 is 5.32 Å². The standard InChI is InChI=1S/C26H37NO4/c1-15(2)22(24(30)31)27-20-13-19(28)12-18(23(20)29)14-26(6)17(4)10-11-25(5)16(3)8-7-9-21(25)26/h8,12-13,15,17,21-22,27H,7,9-11,14H2,1-6H3,(H,30,31)/t17-,21+,22+,25+,26+/m0/s1. The van der Waals surface area contributed by atoms with Gasteiger partial charge in [0.25, 0.3) is 0 Å². The fraction of sp³-hybridized carbons (Fsp3) is 0.654. The monoisotopic (exact) mass is 427 g/mol. The molecule has 3 rings (SSSR count). The molecule has 3 aliphatic rings. The maximum absolute atomic E-state index is 13.3. The van der Waals surface area contributed by atoms with E-state index < -0.39 is 12.0 Å². The zero-order chi connectivity index (χ0) is 23.1. The van der Waals surface area contributed by atoms with E-state index in [0.29, 0.717) is 23.8 Å². The molecule has 3 aliphatic carbocycles. The molecule has 5 heteroatoms. The lowest BCUT2D eigenvalue weighted by Gasteiger charge is -2.58. The van der Waals surface area contributed by atoms with Crippen LogP contribution in [-0.4, -0.2) is 28.7 Å². The van der Waals surface area contributed by atoms with Gasteiger partial charge in [-0.05, 0) is 73.7 Å². The Labute approximate surface area is 186 Å². The van der Waals surface area contributed by atoms with E-state index in [9.17, 15) is 19.5 Å². The molecule has 0 aliphatic heterocycles. The minimum Gasteiger partial charge on any atom is -0.480 e. The van der Waals surface area contributed by atoms with Gasteiger partial charge < -0.3 is 10.4 Å². The number of carboxylic acid groups (broad SMARTS) is 1. The van der Waals surface area contributed by atoms with E-state index in [2.05, 4.69) is 39.1 Å². The molecular weight excluding hydrogens is 390 g/mol. The van der Waals surface area contributed by atoms with Crippen molar-refractivity contribution in [3.8, 4) is 0 Å². The number of nitrogens with one attached hydrogen (secondary N) is 1. The van der Waals surface area contributed by atoms with E-state index in [4.69, 9.17) is 0 Å². The lowest BCUT2D eigenvalue weighted by molar-refractivity contribution is -0.140. The van der Waals surface area contributed by atoms with Gasteiger partial charge in [-0.15, -0.1) is 0 Å². The molecule has 1 saturated carbocycles. The van der Waals surface area contributed by atoms with Crippen molar-refractivity contribution in [2.75, 3.05) is 0 Å². The molecule has 5 nitrogen and oxygen atoms in total. The highest BCUT2D eigenvalue weighted by Gasteiger charge is 2.53. The lowest BCUT2D eigenvalue weighted by atomic mass is 9.46. The topological polar surface area (TPSA) is 83.5 Å². The number of ketones is 2. The first-order valence-electron chi connectivity index (χ1n) is 11.6. The summed E-state index contributed by atoms with van der Waals surface area (Å²) in [7, 11) is 0. The van der Waals surface area contributed by atoms with Crippen molar-refractivity contribution in [3.05, 3.63) is 35.1 Å². The highest BCUT2D eigenvalue weighted by atomic mass is 16.4. The Morgan fingerprint density at radius 2 is 1.90 bits per heavy atom. The first kappa shape index (κ1) is 23.5. The average Bonchev–Trinajstić information content (AvgIpc) is 2.68. The van der Waals surface area contributed by atoms with Crippen LogP contribution in [0, 0.1) is 28.6 Å². The average molecular weight is 428 g/mol. The molecule has 0 amide bonds. The van der Waals surface area contributed by atoms with Gasteiger partial charge in [-0.1, -0.05) is 46.3 Å². The van der Waals surface area contributed by atoms with Gasteiger partial charge >= 0.3 is 5.97 Å². The fourth-order valence-electron chi connectivity index (χ4n) is 6.20. The molecular formula is C26H37NO4. The van der Waals surface area contributed by atoms with Crippen LogP contribution in [0.2, 0.25) is 0 Å². The Hall–Kier alpha value is -2.17. The Bertz CT molecular complexity index is 880. The summed E-state index contributed by atoms with van der Waals surface area (Å²) in [5.41, 5.74) is 2.10. The van der Waals surface area contributed by atoms with E-state index in [1.807, 2.05) is 0 Å². The summed E-state index contributed by atoms with van der Waals surface area (Å²) >= 11 is 0. The van der Waals surface area contributed by atoms with Crippen LogP contribution in [0.15, 0.2) is 35.1 Å². The molecule has 0 unspecified atom stereocenters. The number of hydrogen-bond donors (Lipinski definition) is 2. The summed E-state index contributed by atoms with van der Waals surface area (Å²) in [4.78, 5) is 37.4. The molecule has 2 N–H and O–H groups in total. The van der Waals surface area contributed by atoms with Crippen molar-refractivity contribution in [2.45, 2.75) is 79.7 Å². The van der Waals surface area contributed by atoms with Crippen LogP contribution in [0.1, 0.15) is 73.6 Å². The van der Waals surface area contributed by atoms with Gasteiger partial charge in [-0.25, -0.2) is 4.79 Å². The Morgan fingerprint density at radius 3 is 2.52 bits per heavy atom. The van der Waals surface area contributed by atoms with Crippen LogP contribution in [-0.2, 0) is 14.4 Å². The van der Waals surface area contributed by atoms with Crippen molar-refractivity contribution >= 4 is 17.5 Å². The van der Waals surface area contributed by atoms with Gasteiger partial charge in [0.05, 0.1) is 5.70 Å². The van der Waals surface area contributed by atoms with E-state index >= 15 is 0 Å². The van der Waals surface area contributed by atoms with Crippen molar-refractivity contribution in [3.63, 3.8) is 0 Å². The normalized spacial score (nSPS) is 34.5. The maximum atomic E-state index is 13.3. The van der Waals surface area contributed by atoms with E-state index in [1.54, 1.807) is 13.8 Å². The highest BCUT2D eigenvalue weighted by Crippen LogP contribution is 2.62. The number of carboxylic acids is 1. The third kappa shape index (κ3) is 4.16. The third-order valence-corrected chi connectivity index (χ3v) is 8.55. The molecule has 0 heterocycles. The zero-order valence-corrected chi connectivity index (χ0v) is 19.7. The molecule has 0 radical (unpaired) electrons. The number of aliphatic carboxylic acids is 1. The first-order valence-corrected chi connectivity index (χ1v) is 11.6. The molecule has 0 spiro atoms. The summed E-state index contributed by atoms with van der Waals surface area (Å²) in [6.45, 7) is 12.7. The summed E-state index contributed by atoms with van der Waals surface area (Å²) < 4.78 is 0. The van der Waals surface area contributed by atoms with Gasteiger partial charge in [-0.3, -0.25) is 9.59 Å². The predicted octanol–water partition coefficient (Wildman–Crippen LogP) is 4.84. The second-order valence-corrected chi connectivity index (χ2v) is 10.7. The quantitative estimate of drug-likeness (QED) is 0.468. The second kappa shape index (κ2) is 8.40. The molecule has 31 heavy (non-hydrogen) atoms. The highest BCUT2D eigenvalue weighted by molar-refractivity contribution is 6.20. The number of allylic oxidation sites excluding steroid dienone is 5. The number of fused-ring (bicyclic) bond motifs is 1. The number of carbonyl (C=O) groups excluding carboxylic acids is 2. The summed E-state index contributed by atoms with van der Waals surface area (Å²) in [5.74, 6) is -0.855. The van der Waals surface area contributed by atoms with Crippen LogP contribution in [0.25, 0.3) is 0 Å². The summed E-state index contributed by atoms with van der Waals surface area (Å²) in [5, 5.41) is 12.3. The largest absolute Gasteiger partial charge is 0.480 e. The summed E-state index contributed by atoms with van der Waals surface area (Å²) in [6.07, 6.45) is 10.0. The van der Waals surface area contributed by atoms with Crippen LogP contribution in [0.3, 0.4) is 0 Å². The number of hydrogen-bond acceptors (Lipinski definition) is 4. The predicted molar refractivity (Wildman–Crippen MR) is 121 cm³/mol. The third-order valence-electron chi connectivity index (χ3n) is 8.55. The molecule has 0 aromatic carbocycles. The molecule has 0 aromatic rings. The molecule has 0 saturated heterocycles. The molecule has 170 valence electrons. The van der Waals surface area contributed by atoms with Gasteiger partial charge in [-0.2, -0.15) is 0 Å². The number of Topliss-reactive ketones (excluding diaryl/α,β-unsaturated/α-hetero) is 1. The van der Waals surface area contributed by atoms with E-state index in [-0.39, 0.29) is 34.0 Å². The van der Waals surface area contributed by atoms with Crippen molar-refractivity contribution in [1.29, 1.82) is 0 Å². The van der Waals surface area contributed by atoms with Gasteiger partial charge in [0.15, 0.2) is 5.78 Å². The maximum Gasteiger partial charge on any atom is 0.326 e. The minimum absolute atomic E-state index is 0.100. The van der Waals surface area contributed by atoms with Crippen LogP contribution in [0.5, 0.6) is 0 Å². The first-order chi connectivity index (χ1) is 14.4. The molecule has 0 aromatic heterocycles. The number of carbonyl (C=O) groups is 3. The second-order valence-electron chi connectivity index (χ2n) is 10.7. The van der Waals surface area contributed by atoms with Crippen molar-refractivity contribution in [1.82, 2.24) is 5.32 Å². The van der Waals surface area contributed by atoms with Gasteiger partial charge in [0, 0.05) is 11.6 Å². The zero-order valence-electron chi connectivity index (χ0n) is 19.7. The van der Waals surface area contributed by atoms with E-state index in [1.165, 1.54) is 17.7 Å². The fourth-order valence-corrected chi connectivity index (χ4v) is 6.20. The molecule has 1 fully saturated rings. The van der Waals surface area contributed by atoms with Crippen LogP contribution >= 0.6 is 0 Å². The van der Waals surface area contributed by atoms with Crippen molar-refractivity contribution < 1.29 is 19.5 Å². The molecule has 5 atom stereocenters. The Kier molecular flexibility index (Phi) is 6.37. The summed E-state index contributed by atoms with van der Waals surface area (Å²) in [6, 6.07) is -0.916. The Morgan fingerprint density at radius 1 is 1.23 bits per heavy atom. The minimum atomic E-state index is -1.03. The van der Waals surface area contributed by atoms with Crippen molar-refractivity contribution in [2.24, 2.45) is 28.6 Å². The lowest BCUT2D eigenvalue weighted by Crippen LogP contribution is -2.50. The molecule has 0 bridgehead atoms. The van der Waals surface area contributed by atoms with E-state index in [0.717, 1.165) is 25.7 Å².